The zero-order chi connectivity index (χ0) is 23.2. The van der Waals surface area contributed by atoms with Gasteiger partial charge in [-0.3, -0.25) is 14.0 Å². The highest BCUT2D eigenvalue weighted by Crippen LogP contribution is 2.32. The Kier molecular flexibility index (Phi) is 5.73. The number of carbonyl (C=O) groups is 1. The van der Waals surface area contributed by atoms with Crippen LogP contribution in [0.4, 0.5) is 0 Å². The molecule has 0 saturated heterocycles. The normalized spacial score (nSPS) is 16.3. The molecule has 32 heavy (non-hydrogen) atoms. The number of esters is 1. The second-order valence-corrected chi connectivity index (χ2v) is 9.21. The van der Waals surface area contributed by atoms with Crippen LogP contribution in [0.25, 0.3) is 6.08 Å². The standard InChI is InChI=1S/C24H26N4O3S/c1-13(2)17-9-7-16(8-10-17)11-19-22(29)28-21(18-12-25-27(5)15(18)4)20(23(30)31-6)14(3)26-24(28)32-19/h7-13,21H,1-6H3/b19-11+/t21-/m0/s1. The molecule has 0 aliphatic carbocycles. The molecule has 3 heterocycles. The Morgan fingerprint density at radius 2 is 1.91 bits per heavy atom. The molecule has 0 saturated carbocycles. The molecule has 0 N–H and O–H groups in total. The lowest BCUT2D eigenvalue weighted by Crippen LogP contribution is -2.40. The third kappa shape index (κ3) is 3.64. The highest BCUT2D eigenvalue weighted by Gasteiger charge is 2.34. The molecule has 0 radical (unpaired) electrons. The van der Waals surface area contributed by atoms with E-state index in [-0.39, 0.29) is 5.56 Å². The molecule has 3 aromatic rings. The van der Waals surface area contributed by atoms with Gasteiger partial charge in [0.05, 0.1) is 29.1 Å². The molecule has 1 aromatic carbocycles. The molecule has 0 unspecified atom stereocenters. The number of hydrogen-bond acceptors (Lipinski definition) is 6. The number of ether oxygens (including phenoxy) is 1. The zero-order valence-corrected chi connectivity index (χ0v) is 19.9. The molecular formula is C24H26N4O3S. The first-order chi connectivity index (χ1) is 15.2. The van der Waals surface area contributed by atoms with E-state index in [4.69, 9.17) is 4.74 Å². The van der Waals surface area contributed by atoms with Gasteiger partial charge in [-0.05, 0) is 37.0 Å². The van der Waals surface area contributed by atoms with Crippen molar-refractivity contribution >= 4 is 23.4 Å². The highest BCUT2D eigenvalue weighted by atomic mass is 32.1. The van der Waals surface area contributed by atoms with Crippen molar-refractivity contribution < 1.29 is 9.53 Å². The predicted molar refractivity (Wildman–Crippen MR) is 124 cm³/mol. The number of methoxy groups -OCH3 is 1. The Balaban J connectivity index is 1.93. The van der Waals surface area contributed by atoms with E-state index in [1.54, 1.807) is 22.4 Å². The van der Waals surface area contributed by atoms with E-state index >= 15 is 0 Å². The van der Waals surface area contributed by atoms with E-state index in [0.29, 0.717) is 26.5 Å². The van der Waals surface area contributed by atoms with Crippen molar-refractivity contribution in [2.75, 3.05) is 7.11 Å². The zero-order valence-electron chi connectivity index (χ0n) is 19.0. The van der Waals surface area contributed by atoms with Crippen molar-refractivity contribution in [3.05, 3.63) is 83.8 Å². The minimum absolute atomic E-state index is 0.191. The Bertz CT molecular complexity index is 1400. The van der Waals surface area contributed by atoms with E-state index in [2.05, 4.69) is 36.1 Å². The van der Waals surface area contributed by atoms with Crippen LogP contribution in [0.15, 0.2) is 51.5 Å². The number of fused-ring (bicyclic) bond motifs is 1. The Hall–Kier alpha value is -3.26. The first kappa shape index (κ1) is 22.0. The number of rotatable bonds is 4. The number of aryl methyl sites for hydroxylation is 1. The van der Waals surface area contributed by atoms with Gasteiger partial charge in [-0.1, -0.05) is 49.4 Å². The van der Waals surface area contributed by atoms with Crippen LogP contribution in [0, 0.1) is 6.92 Å². The molecular weight excluding hydrogens is 424 g/mol. The molecule has 0 amide bonds. The van der Waals surface area contributed by atoms with Crippen LogP contribution < -0.4 is 14.9 Å². The molecule has 166 valence electrons. The molecule has 1 atom stereocenters. The minimum Gasteiger partial charge on any atom is -0.466 e. The molecule has 1 aliphatic rings. The minimum atomic E-state index is -0.641. The van der Waals surface area contributed by atoms with Gasteiger partial charge in [-0.25, -0.2) is 9.79 Å². The Labute approximate surface area is 190 Å². The lowest BCUT2D eigenvalue weighted by atomic mass is 9.96. The topological polar surface area (TPSA) is 78.5 Å². The summed E-state index contributed by atoms with van der Waals surface area (Å²) in [5.74, 6) is -0.0603. The van der Waals surface area contributed by atoms with E-state index in [1.165, 1.54) is 24.0 Å². The van der Waals surface area contributed by atoms with Gasteiger partial charge in [-0.15, -0.1) is 0 Å². The third-order valence-electron chi connectivity index (χ3n) is 5.90. The summed E-state index contributed by atoms with van der Waals surface area (Å²) in [4.78, 5) is 31.4. The van der Waals surface area contributed by atoms with Gasteiger partial charge in [0, 0.05) is 18.3 Å². The average Bonchev–Trinajstić information content (AvgIpc) is 3.25. The van der Waals surface area contributed by atoms with Crippen LogP contribution >= 0.6 is 11.3 Å². The fraction of sp³-hybridized carbons (Fsp3) is 0.333. The smallest absolute Gasteiger partial charge is 0.338 e. The number of thiazole rings is 1. The van der Waals surface area contributed by atoms with Crippen molar-refractivity contribution in [2.45, 2.75) is 39.7 Å². The monoisotopic (exact) mass is 450 g/mol. The Morgan fingerprint density at radius 1 is 1.22 bits per heavy atom. The number of benzene rings is 1. The van der Waals surface area contributed by atoms with Crippen molar-refractivity contribution in [1.82, 2.24) is 14.3 Å². The summed E-state index contributed by atoms with van der Waals surface area (Å²) >= 11 is 1.32. The molecule has 0 bridgehead atoms. The van der Waals surface area contributed by atoms with Crippen molar-refractivity contribution in [3.8, 4) is 0 Å². The summed E-state index contributed by atoms with van der Waals surface area (Å²) < 4.78 is 8.92. The summed E-state index contributed by atoms with van der Waals surface area (Å²) in [6.45, 7) is 7.98. The van der Waals surface area contributed by atoms with Crippen LogP contribution in [0.5, 0.6) is 0 Å². The first-order valence-electron chi connectivity index (χ1n) is 10.4. The van der Waals surface area contributed by atoms with E-state index < -0.39 is 12.0 Å². The van der Waals surface area contributed by atoms with Crippen LogP contribution in [0.2, 0.25) is 0 Å². The lowest BCUT2D eigenvalue weighted by molar-refractivity contribution is -0.136. The van der Waals surface area contributed by atoms with Gasteiger partial charge in [0.2, 0.25) is 0 Å². The third-order valence-corrected chi connectivity index (χ3v) is 6.88. The van der Waals surface area contributed by atoms with E-state index in [1.807, 2.05) is 32.2 Å². The summed E-state index contributed by atoms with van der Waals surface area (Å²) in [5, 5.41) is 4.33. The summed E-state index contributed by atoms with van der Waals surface area (Å²) in [5.41, 5.74) is 4.53. The van der Waals surface area contributed by atoms with Crippen LogP contribution in [0.1, 0.15) is 55.1 Å². The maximum Gasteiger partial charge on any atom is 0.338 e. The number of nitrogens with zero attached hydrogens (tertiary/aromatic N) is 4. The molecule has 2 aromatic heterocycles. The average molecular weight is 451 g/mol. The molecule has 0 spiro atoms. The highest BCUT2D eigenvalue weighted by molar-refractivity contribution is 7.07. The first-order valence-corrected chi connectivity index (χ1v) is 11.2. The molecule has 1 aliphatic heterocycles. The fourth-order valence-corrected chi connectivity index (χ4v) is 4.95. The molecule has 4 rings (SSSR count). The van der Waals surface area contributed by atoms with Gasteiger partial charge in [0.1, 0.15) is 6.04 Å². The van der Waals surface area contributed by atoms with Crippen molar-refractivity contribution in [1.29, 1.82) is 0 Å². The maximum atomic E-state index is 13.5. The molecule has 0 fully saturated rings. The van der Waals surface area contributed by atoms with Crippen LogP contribution in [0.3, 0.4) is 0 Å². The second-order valence-electron chi connectivity index (χ2n) is 8.20. The maximum absolute atomic E-state index is 13.5. The van der Waals surface area contributed by atoms with Gasteiger partial charge in [-0.2, -0.15) is 5.10 Å². The lowest BCUT2D eigenvalue weighted by Gasteiger charge is -2.23. The van der Waals surface area contributed by atoms with E-state index in [9.17, 15) is 9.59 Å². The Morgan fingerprint density at radius 3 is 2.47 bits per heavy atom. The number of hydrogen-bond donors (Lipinski definition) is 0. The number of aromatic nitrogens is 3. The predicted octanol–water partition coefficient (Wildman–Crippen LogP) is 2.57. The van der Waals surface area contributed by atoms with E-state index in [0.717, 1.165) is 16.8 Å². The van der Waals surface area contributed by atoms with Crippen LogP contribution in [-0.4, -0.2) is 27.4 Å². The van der Waals surface area contributed by atoms with Gasteiger partial charge >= 0.3 is 5.97 Å². The molecule has 7 nitrogen and oxygen atoms in total. The summed E-state index contributed by atoms with van der Waals surface area (Å²) in [6.07, 6.45) is 3.57. The van der Waals surface area contributed by atoms with Crippen molar-refractivity contribution in [3.63, 3.8) is 0 Å². The van der Waals surface area contributed by atoms with Gasteiger partial charge in [0.15, 0.2) is 4.80 Å². The van der Waals surface area contributed by atoms with Gasteiger partial charge < -0.3 is 4.74 Å². The second kappa shape index (κ2) is 8.35. The number of carbonyl (C=O) groups excluding carboxylic acids is 1. The fourth-order valence-electron chi connectivity index (χ4n) is 3.90. The summed E-state index contributed by atoms with van der Waals surface area (Å²) in [6, 6.07) is 7.55. The quantitative estimate of drug-likeness (QED) is 0.573. The largest absolute Gasteiger partial charge is 0.466 e. The SMILES string of the molecule is COC(=O)C1=C(C)N=c2s/c(=C/c3ccc(C(C)C)cc3)c(=O)n2[C@H]1c1cnn(C)c1C. The summed E-state index contributed by atoms with van der Waals surface area (Å²) in [7, 11) is 3.17. The van der Waals surface area contributed by atoms with Crippen LogP contribution in [-0.2, 0) is 16.6 Å². The van der Waals surface area contributed by atoms with Gasteiger partial charge in [0.25, 0.3) is 5.56 Å². The number of allylic oxidation sites excluding steroid dienone is 1. The molecule has 8 heteroatoms. The van der Waals surface area contributed by atoms with Crippen molar-refractivity contribution in [2.24, 2.45) is 12.0 Å².